The van der Waals surface area contributed by atoms with Crippen molar-refractivity contribution in [3.63, 3.8) is 0 Å². The van der Waals surface area contributed by atoms with Gasteiger partial charge in [0.05, 0.1) is 27.9 Å². The molecule has 6 nitrogen and oxygen atoms in total. The van der Waals surface area contributed by atoms with Gasteiger partial charge in [-0.15, -0.1) is 11.3 Å². The Morgan fingerprint density at radius 1 is 1.25 bits per heavy atom. The monoisotopic (exact) mass is 467 g/mol. The molecule has 2 aromatic carbocycles. The van der Waals surface area contributed by atoms with E-state index in [0.29, 0.717) is 37.5 Å². The van der Waals surface area contributed by atoms with E-state index in [-0.39, 0.29) is 34.6 Å². The molecule has 1 saturated carbocycles. The first kappa shape index (κ1) is 19.5. The summed E-state index contributed by atoms with van der Waals surface area (Å²) in [5.74, 6) is 0.780. The molecule has 0 unspecified atom stereocenters. The van der Waals surface area contributed by atoms with Gasteiger partial charge in [0.1, 0.15) is 16.5 Å². The summed E-state index contributed by atoms with van der Waals surface area (Å²) < 4.78 is 21.3. The normalized spacial score (nSPS) is 13.9. The lowest BCUT2D eigenvalue weighted by molar-refractivity contribution is 0.375. The van der Waals surface area contributed by atoms with Crippen LogP contribution in [0.25, 0.3) is 31.7 Å². The van der Waals surface area contributed by atoms with Crippen LogP contribution in [-0.2, 0) is 6.54 Å². The summed E-state index contributed by atoms with van der Waals surface area (Å²) in [4.78, 5) is 19.1. The molecule has 3 aromatic heterocycles. The van der Waals surface area contributed by atoms with Crippen LogP contribution in [0.15, 0.2) is 51.9 Å². The van der Waals surface area contributed by atoms with E-state index in [1.54, 1.807) is 24.3 Å². The van der Waals surface area contributed by atoms with Crippen molar-refractivity contribution < 1.29 is 14.0 Å². The van der Waals surface area contributed by atoms with Crippen molar-refractivity contribution in [2.75, 3.05) is 0 Å². The minimum Gasteiger partial charge on any atom is -0.505 e. The number of aromatic nitrogens is 3. The first-order valence-electron chi connectivity index (χ1n) is 10.0. The zero-order valence-electron chi connectivity index (χ0n) is 16.5. The Morgan fingerprint density at radius 2 is 2.09 bits per heavy atom. The Bertz CT molecular complexity index is 1570. The topological polar surface area (TPSA) is 81.2 Å². The highest BCUT2D eigenvalue weighted by molar-refractivity contribution is 7.25. The Morgan fingerprint density at radius 3 is 2.84 bits per heavy atom. The first-order valence-corrected chi connectivity index (χ1v) is 11.2. The Balaban J connectivity index is 1.70. The van der Waals surface area contributed by atoms with E-state index in [9.17, 15) is 14.3 Å². The van der Waals surface area contributed by atoms with Gasteiger partial charge in [-0.2, -0.15) is 0 Å². The molecule has 0 saturated heterocycles. The molecule has 6 rings (SSSR count). The van der Waals surface area contributed by atoms with E-state index in [4.69, 9.17) is 21.1 Å². The van der Waals surface area contributed by atoms with Gasteiger partial charge in [0.2, 0.25) is 0 Å². The van der Waals surface area contributed by atoms with Crippen molar-refractivity contribution >= 4 is 43.2 Å². The lowest BCUT2D eigenvalue weighted by Crippen LogP contribution is -2.24. The van der Waals surface area contributed by atoms with Crippen LogP contribution in [0.2, 0.25) is 5.02 Å². The summed E-state index contributed by atoms with van der Waals surface area (Å²) in [7, 11) is 0. The highest BCUT2D eigenvalue weighted by Gasteiger charge is 2.29. The number of halogens is 2. The summed E-state index contributed by atoms with van der Waals surface area (Å²) in [6, 6.07) is 9.54. The summed E-state index contributed by atoms with van der Waals surface area (Å²) in [5, 5.41) is 15.4. The molecular formula is C23H15ClFN3O3S. The van der Waals surface area contributed by atoms with Crippen LogP contribution in [0.5, 0.6) is 5.75 Å². The quantitative estimate of drug-likeness (QED) is 0.367. The van der Waals surface area contributed by atoms with Gasteiger partial charge in [-0.3, -0.25) is 9.36 Å². The van der Waals surface area contributed by atoms with E-state index < -0.39 is 0 Å². The van der Waals surface area contributed by atoms with E-state index >= 15 is 0 Å². The Kier molecular flexibility index (Phi) is 4.34. The van der Waals surface area contributed by atoms with Gasteiger partial charge in [0, 0.05) is 17.0 Å². The van der Waals surface area contributed by atoms with Crippen LogP contribution < -0.4 is 5.56 Å². The molecule has 0 amide bonds. The maximum Gasteiger partial charge on any atom is 0.263 e. The second kappa shape index (κ2) is 7.15. The smallest absolute Gasteiger partial charge is 0.263 e. The second-order valence-corrected chi connectivity index (χ2v) is 9.27. The average molecular weight is 468 g/mol. The van der Waals surface area contributed by atoms with Crippen molar-refractivity contribution in [1.29, 1.82) is 0 Å². The molecule has 160 valence electrons. The molecule has 1 fully saturated rings. The molecular weight excluding hydrogens is 453 g/mol. The van der Waals surface area contributed by atoms with Crippen LogP contribution in [0.1, 0.15) is 30.1 Å². The van der Waals surface area contributed by atoms with Crippen LogP contribution in [0.3, 0.4) is 0 Å². The Hall–Kier alpha value is -3.23. The van der Waals surface area contributed by atoms with Gasteiger partial charge in [0.15, 0.2) is 11.5 Å². The molecule has 1 N–H and O–H groups in total. The van der Waals surface area contributed by atoms with Gasteiger partial charge in [0.25, 0.3) is 5.56 Å². The number of nitrogens with zero attached hydrogens (tertiary/aromatic N) is 3. The molecule has 1 aliphatic carbocycles. The summed E-state index contributed by atoms with van der Waals surface area (Å²) in [6.07, 6.45) is 3.46. The molecule has 0 spiro atoms. The summed E-state index contributed by atoms with van der Waals surface area (Å²) in [5.41, 5.74) is 1.28. The minimum atomic E-state index is -0.317. The fourth-order valence-electron chi connectivity index (χ4n) is 4.08. The molecule has 1 aliphatic rings. The number of rotatable bonds is 4. The van der Waals surface area contributed by atoms with Crippen molar-refractivity contribution in [3.05, 3.63) is 75.1 Å². The summed E-state index contributed by atoms with van der Waals surface area (Å²) >= 11 is 7.29. The van der Waals surface area contributed by atoms with E-state index in [2.05, 4.69) is 5.16 Å². The number of phenols is 1. The third-order valence-corrected chi connectivity index (χ3v) is 7.17. The first-order chi connectivity index (χ1) is 15.5. The van der Waals surface area contributed by atoms with E-state index in [1.165, 1.54) is 34.2 Å². The van der Waals surface area contributed by atoms with Crippen LogP contribution in [0, 0.1) is 5.82 Å². The highest BCUT2D eigenvalue weighted by Crippen LogP contribution is 2.45. The zero-order valence-corrected chi connectivity index (χ0v) is 18.1. The average Bonchev–Trinajstić information content (AvgIpc) is 3.36. The molecule has 3 heterocycles. The van der Waals surface area contributed by atoms with Crippen molar-refractivity contribution in [2.45, 2.75) is 25.3 Å². The maximum atomic E-state index is 14.1. The van der Waals surface area contributed by atoms with Gasteiger partial charge in [-0.25, -0.2) is 9.37 Å². The number of fused-ring (bicyclic) bond motifs is 3. The van der Waals surface area contributed by atoms with Crippen LogP contribution in [-0.4, -0.2) is 19.8 Å². The number of benzene rings is 2. The number of aromatic hydroxyl groups is 1. The lowest BCUT2D eigenvalue weighted by Gasteiger charge is -2.14. The van der Waals surface area contributed by atoms with Crippen LogP contribution in [0.4, 0.5) is 4.39 Å². The molecule has 32 heavy (non-hydrogen) atoms. The largest absolute Gasteiger partial charge is 0.505 e. The predicted octanol–water partition coefficient (Wildman–Crippen LogP) is 5.69. The molecule has 0 bridgehead atoms. The minimum absolute atomic E-state index is 0.0737. The van der Waals surface area contributed by atoms with Gasteiger partial charge < -0.3 is 9.63 Å². The van der Waals surface area contributed by atoms with Crippen molar-refractivity contribution in [1.82, 2.24) is 14.7 Å². The fourth-order valence-corrected chi connectivity index (χ4v) is 5.41. The van der Waals surface area contributed by atoms with Gasteiger partial charge >= 0.3 is 0 Å². The fraction of sp³-hybridized carbons (Fsp3) is 0.174. The van der Waals surface area contributed by atoms with Gasteiger partial charge in [-0.05, 0) is 48.6 Å². The maximum absolute atomic E-state index is 14.1. The molecule has 9 heteroatoms. The van der Waals surface area contributed by atoms with Crippen molar-refractivity contribution in [2.24, 2.45) is 0 Å². The van der Waals surface area contributed by atoms with E-state index in [0.717, 1.165) is 18.4 Å². The summed E-state index contributed by atoms with van der Waals surface area (Å²) in [6.45, 7) is 0.121. The molecule has 0 atom stereocenters. The number of phenolic OH excluding ortho intramolecular Hbond substituents is 1. The number of hydrogen-bond acceptors (Lipinski definition) is 6. The van der Waals surface area contributed by atoms with Crippen molar-refractivity contribution in [3.8, 4) is 17.1 Å². The third-order valence-electron chi connectivity index (χ3n) is 5.76. The molecule has 0 aliphatic heterocycles. The zero-order chi connectivity index (χ0) is 22.0. The highest BCUT2D eigenvalue weighted by atomic mass is 35.5. The second-order valence-electron chi connectivity index (χ2n) is 7.87. The molecule has 5 aromatic rings. The number of thiophene rings is 1. The number of hydrogen-bond donors (Lipinski definition) is 1. The lowest BCUT2D eigenvalue weighted by atomic mass is 10.0. The molecule has 0 radical (unpaired) electrons. The van der Waals surface area contributed by atoms with E-state index in [1.807, 2.05) is 0 Å². The standard InChI is InChI=1S/C23H15ClFN3O3S/c24-17-6-5-15-18-22(32-20(15)19(17)29)27-21(28(23(18)30)10-13-7-8-26-31-13)14-4-3-12(25)9-16(14)11-1-2-11/h3-9,11,29H,1-2,10H2. The Labute approximate surface area is 189 Å². The predicted molar refractivity (Wildman–Crippen MR) is 121 cm³/mol. The SMILES string of the molecule is O=c1c2c(nc(-c3ccc(F)cc3C3CC3)n1Cc1ccno1)sc1c(O)c(Cl)ccc12. The van der Waals surface area contributed by atoms with Crippen LogP contribution >= 0.6 is 22.9 Å². The third kappa shape index (κ3) is 3.02. The van der Waals surface area contributed by atoms with Gasteiger partial charge in [-0.1, -0.05) is 22.8 Å².